The van der Waals surface area contributed by atoms with E-state index in [1.807, 2.05) is 12.2 Å². The fourth-order valence-electron chi connectivity index (χ4n) is 1.86. The molecule has 0 spiro atoms. The second kappa shape index (κ2) is 5.08. The molecule has 2 rings (SSSR count). The molecule has 0 saturated heterocycles. The molecule has 0 radical (unpaired) electrons. The molecule has 0 heterocycles. The van der Waals surface area contributed by atoms with E-state index in [1.54, 1.807) is 0 Å². The summed E-state index contributed by atoms with van der Waals surface area (Å²) in [4.78, 5) is 11.8. The van der Waals surface area contributed by atoms with Crippen molar-refractivity contribution in [2.45, 2.75) is 19.3 Å². The van der Waals surface area contributed by atoms with Gasteiger partial charge in [-0.3, -0.25) is 4.79 Å². The monoisotopic (exact) mass is 237 g/mol. The number of benzene rings is 1. The van der Waals surface area contributed by atoms with Crippen LogP contribution in [0.3, 0.4) is 0 Å². The Labute approximate surface area is 98.3 Å². The van der Waals surface area contributed by atoms with Gasteiger partial charge in [-0.05, 0) is 31.4 Å². The van der Waals surface area contributed by atoms with Crippen LogP contribution in [-0.4, -0.2) is 5.91 Å². The summed E-state index contributed by atoms with van der Waals surface area (Å²) in [5.41, 5.74) is 0.0333. The standard InChI is InChI=1S/C13H13F2NO/c14-10-6-7-12(11(15)8-10)16-13(17)9-4-2-1-3-5-9/h1-2,6-9H,3-5H2,(H,16,17). The summed E-state index contributed by atoms with van der Waals surface area (Å²) in [6.45, 7) is 0. The third-order valence-electron chi connectivity index (χ3n) is 2.83. The van der Waals surface area contributed by atoms with Crippen LogP contribution in [0.5, 0.6) is 0 Å². The summed E-state index contributed by atoms with van der Waals surface area (Å²) in [6.07, 6.45) is 6.29. The van der Waals surface area contributed by atoms with E-state index in [1.165, 1.54) is 6.07 Å². The van der Waals surface area contributed by atoms with Gasteiger partial charge in [0.25, 0.3) is 0 Å². The van der Waals surface area contributed by atoms with Crippen molar-refractivity contribution in [3.8, 4) is 0 Å². The second-order valence-electron chi connectivity index (χ2n) is 4.09. The van der Waals surface area contributed by atoms with Crippen molar-refractivity contribution in [2.24, 2.45) is 5.92 Å². The van der Waals surface area contributed by atoms with Crippen molar-refractivity contribution in [1.82, 2.24) is 0 Å². The largest absolute Gasteiger partial charge is 0.323 e. The zero-order valence-corrected chi connectivity index (χ0v) is 9.25. The van der Waals surface area contributed by atoms with Crippen LogP contribution >= 0.6 is 0 Å². The van der Waals surface area contributed by atoms with E-state index >= 15 is 0 Å². The smallest absolute Gasteiger partial charge is 0.227 e. The van der Waals surface area contributed by atoms with Gasteiger partial charge in [0.05, 0.1) is 5.69 Å². The Morgan fingerprint density at radius 3 is 2.76 bits per heavy atom. The number of nitrogens with one attached hydrogen (secondary N) is 1. The topological polar surface area (TPSA) is 29.1 Å². The van der Waals surface area contributed by atoms with Crippen LogP contribution in [0.1, 0.15) is 19.3 Å². The molecule has 1 aromatic carbocycles. The van der Waals surface area contributed by atoms with E-state index in [0.29, 0.717) is 6.42 Å². The molecule has 17 heavy (non-hydrogen) atoms. The van der Waals surface area contributed by atoms with E-state index in [9.17, 15) is 13.6 Å². The van der Waals surface area contributed by atoms with Gasteiger partial charge in [-0.2, -0.15) is 0 Å². The number of amides is 1. The molecule has 0 aromatic heterocycles. The molecule has 2 nitrogen and oxygen atoms in total. The maximum atomic E-state index is 13.3. The van der Waals surface area contributed by atoms with Gasteiger partial charge >= 0.3 is 0 Å². The predicted molar refractivity (Wildman–Crippen MR) is 61.5 cm³/mol. The molecule has 1 unspecified atom stereocenters. The van der Waals surface area contributed by atoms with Gasteiger partial charge in [-0.25, -0.2) is 8.78 Å². The minimum atomic E-state index is -0.746. The van der Waals surface area contributed by atoms with Crippen LogP contribution in [0, 0.1) is 17.6 Å². The third kappa shape index (κ3) is 2.90. The maximum absolute atomic E-state index is 13.3. The van der Waals surface area contributed by atoms with Crippen molar-refractivity contribution in [3.63, 3.8) is 0 Å². The van der Waals surface area contributed by atoms with Crippen molar-refractivity contribution in [2.75, 3.05) is 5.32 Å². The van der Waals surface area contributed by atoms with Gasteiger partial charge in [0.15, 0.2) is 0 Å². The summed E-state index contributed by atoms with van der Waals surface area (Å²) >= 11 is 0. The van der Waals surface area contributed by atoms with Gasteiger partial charge in [-0.15, -0.1) is 0 Å². The Morgan fingerprint density at radius 1 is 1.29 bits per heavy atom. The van der Waals surface area contributed by atoms with Crippen molar-refractivity contribution in [3.05, 3.63) is 42.0 Å². The van der Waals surface area contributed by atoms with E-state index in [4.69, 9.17) is 0 Å². The van der Waals surface area contributed by atoms with Gasteiger partial charge in [-0.1, -0.05) is 12.2 Å². The summed E-state index contributed by atoms with van der Waals surface area (Å²) in [7, 11) is 0. The summed E-state index contributed by atoms with van der Waals surface area (Å²) < 4.78 is 26.0. The lowest BCUT2D eigenvalue weighted by molar-refractivity contribution is -0.120. The average Bonchev–Trinajstić information content (AvgIpc) is 2.34. The van der Waals surface area contributed by atoms with Crippen molar-refractivity contribution < 1.29 is 13.6 Å². The van der Waals surface area contributed by atoms with Gasteiger partial charge < -0.3 is 5.32 Å². The molecule has 1 amide bonds. The molecule has 0 aliphatic heterocycles. The molecular weight excluding hydrogens is 224 g/mol. The molecule has 0 fully saturated rings. The number of carbonyl (C=O) groups is 1. The summed E-state index contributed by atoms with van der Waals surface area (Å²) in [6, 6.07) is 3.12. The first-order chi connectivity index (χ1) is 8.16. The van der Waals surface area contributed by atoms with Crippen LogP contribution in [0.15, 0.2) is 30.4 Å². The van der Waals surface area contributed by atoms with Crippen LogP contribution < -0.4 is 5.32 Å². The zero-order valence-electron chi connectivity index (χ0n) is 9.25. The normalized spacial score (nSPS) is 19.1. The lowest BCUT2D eigenvalue weighted by Gasteiger charge is -2.17. The van der Waals surface area contributed by atoms with Crippen LogP contribution in [-0.2, 0) is 4.79 Å². The van der Waals surface area contributed by atoms with Crippen molar-refractivity contribution in [1.29, 1.82) is 0 Å². The van der Waals surface area contributed by atoms with Crippen LogP contribution in [0.25, 0.3) is 0 Å². The lowest BCUT2D eigenvalue weighted by atomic mass is 9.93. The summed E-state index contributed by atoms with van der Waals surface area (Å²) in [5, 5.41) is 2.49. The Balaban J connectivity index is 2.05. The first-order valence-corrected chi connectivity index (χ1v) is 5.58. The number of hydrogen-bond acceptors (Lipinski definition) is 1. The Morgan fingerprint density at radius 2 is 2.12 bits per heavy atom. The quantitative estimate of drug-likeness (QED) is 0.786. The molecule has 1 N–H and O–H groups in total. The molecule has 4 heteroatoms. The molecule has 0 bridgehead atoms. The number of halogens is 2. The highest BCUT2D eigenvalue weighted by Crippen LogP contribution is 2.21. The van der Waals surface area contributed by atoms with E-state index in [0.717, 1.165) is 25.0 Å². The molecule has 1 aliphatic rings. The number of rotatable bonds is 2. The zero-order chi connectivity index (χ0) is 12.3. The number of carbonyl (C=O) groups excluding carboxylic acids is 1. The maximum Gasteiger partial charge on any atom is 0.227 e. The van der Waals surface area contributed by atoms with Gasteiger partial charge in [0.2, 0.25) is 5.91 Å². The lowest BCUT2D eigenvalue weighted by Crippen LogP contribution is -2.24. The molecule has 1 atom stereocenters. The minimum Gasteiger partial charge on any atom is -0.323 e. The minimum absolute atomic E-state index is 0.0333. The third-order valence-corrected chi connectivity index (χ3v) is 2.83. The first-order valence-electron chi connectivity index (χ1n) is 5.58. The van der Waals surface area contributed by atoms with Gasteiger partial charge in [0.1, 0.15) is 11.6 Å². The van der Waals surface area contributed by atoms with Crippen LogP contribution in [0.4, 0.5) is 14.5 Å². The van der Waals surface area contributed by atoms with Crippen molar-refractivity contribution >= 4 is 11.6 Å². The fraction of sp³-hybridized carbons (Fsp3) is 0.308. The number of allylic oxidation sites excluding steroid dienone is 2. The van der Waals surface area contributed by atoms with E-state index in [2.05, 4.69) is 5.32 Å². The highest BCUT2D eigenvalue weighted by molar-refractivity contribution is 5.92. The fourth-order valence-corrected chi connectivity index (χ4v) is 1.86. The SMILES string of the molecule is O=C(Nc1ccc(F)cc1F)C1CC=CCC1. The van der Waals surface area contributed by atoms with E-state index < -0.39 is 11.6 Å². The van der Waals surface area contributed by atoms with Gasteiger partial charge in [0, 0.05) is 12.0 Å². The molecular formula is C13H13F2NO. The first kappa shape index (κ1) is 11.8. The Bertz CT molecular complexity index is 457. The summed E-state index contributed by atoms with van der Waals surface area (Å²) in [5.74, 6) is -1.73. The number of anilines is 1. The highest BCUT2D eigenvalue weighted by Gasteiger charge is 2.19. The average molecular weight is 237 g/mol. The molecule has 90 valence electrons. The molecule has 1 aliphatic carbocycles. The molecule has 0 saturated carbocycles. The second-order valence-corrected chi connectivity index (χ2v) is 4.09. The Hall–Kier alpha value is -1.71. The highest BCUT2D eigenvalue weighted by atomic mass is 19.1. The van der Waals surface area contributed by atoms with E-state index in [-0.39, 0.29) is 17.5 Å². The number of hydrogen-bond donors (Lipinski definition) is 1. The van der Waals surface area contributed by atoms with Crippen LogP contribution in [0.2, 0.25) is 0 Å². The molecule has 1 aromatic rings. The predicted octanol–water partition coefficient (Wildman–Crippen LogP) is 3.26. The Kier molecular flexibility index (Phi) is 3.52.